The van der Waals surface area contributed by atoms with E-state index >= 15 is 0 Å². The van der Waals surface area contributed by atoms with Gasteiger partial charge in [-0.05, 0) is 24.6 Å². The zero-order valence-corrected chi connectivity index (χ0v) is 7.40. The number of hydrogen-bond donors (Lipinski definition) is 1. The molecule has 13 heavy (non-hydrogen) atoms. The molecule has 1 rings (SSSR count). The van der Waals surface area contributed by atoms with E-state index in [-0.39, 0.29) is 5.78 Å². The largest absolute Gasteiger partial charge is 0.380 e. The first-order valence-corrected chi connectivity index (χ1v) is 4.06. The zero-order chi connectivity index (χ0) is 9.68. The third-order valence-corrected chi connectivity index (χ3v) is 1.66. The van der Waals surface area contributed by atoms with Crippen molar-refractivity contribution in [3.05, 3.63) is 48.0 Å². The fourth-order valence-electron chi connectivity index (χ4n) is 1.00. The van der Waals surface area contributed by atoms with E-state index in [0.717, 1.165) is 0 Å². The quantitative estimate of drug-likeness (QED) is 0.709. The summed E-state index contributed by atoms with van der Waals surface area (Å²) in [7, 11) is 0. The number of carbonyl (C=O) groups is 1. The molecular weight excluding hydrogens is 164 g/mol. The molecule has 1 unspecified atom stereocenters. The smallest absolute Gasteiger partial charge is 0.188 e. The maximum absolute atomic E-state index is 11.2. The first-order chi connectivity index (χ1) is 6.25. The third-order valence-electron chi connectivity index (χ3n) is 1.66. The van der Waals surface area contributed by atoms with E-state index in [9.17, 15) is 9.90 Å². The summed E-state index contributed by atoms with van der Waals surface area (Å²) in [4.78, 5) is 11.2. The fraction of sp³-hybridized carbons (Fsp3) is 0.182. The number of rotatable bonds is 3. The van der Waals surface area contributed by atoms with Crippen LogP contribution >= 0.6 is 0 Å². The molecule has 0 aliphatic rings. The Morgan fingerprint density at radius 1 is 1.54 bits per heavy atom. The van der Waals surface area contributed by atoms with Crippen LogP contribution in [0, 0.1) is 6.07 Å². The molecule has 1 N–H and O–H groups in total. The predicted molar refractivity (Wildman–Crippen MR) is 50.1 cm³/mol. The van der Waals surface area contributed by atoms with Crippen LogP contribution in [-0.4, -0.2) is 10.9 Å². The van der Waals surface area contributed by atoms with Crippen LogP contribution in [0.4, 0.5) is 0 Å². The number of aliphatic hydroxyl groups excluding tert-OH is 1. The van der Waals surface area contributed by atoms with Crippen LogP contribution in [0.2, 0.25) is 0 Å². The van der Waals surface area contributed by atoms with Crippen LogP contribution in [0.1, 0.15) is 18.6 Å². The molecule has 1 atom stereocenters. The Balaban J connectivity index is 2.79. The Morgan fingerprint density at radius 3 is 2.69 bits per heavy atom. The predicted octanol–water partition coefficient (Wildman–Crippen LogP) is 1.67. The van der Waals surface area contributed by atoms with Crippen LogP contribution in [0.25, 0.3) is 0 Å². The van der Waals surface area contributed by atoms with Crippen LogP contribution in [0.3, 0.4) is 0 Å². The molecule has 67 valence electrons. The van der Waals surface area contributed by atoms with Crippen molar-refractivity contribution in [2.75, 3.05) is 0 Å². The molecule has 1 aromatic carbocycles. The average Bonchev–Trinajstić information content (AvgIpc) is 2.18. The average molecular weight is 175 g/mol. The normalized spacial score (nSPS) is 13.1. The number of carbonyl (C=O) groups excluding carboxylic acids is 1. The van der Waals surface area contributed by atoms with Gasteiger partial charge in [0.2, 0.25) is 0 Å². The maximum Gasteiger partial charge on any atom is 0.188 e. The second-order valence-electron chi connectivity index (χ2n) is 2.64. The van der Waals surface area contributed by atoms with Crippen LogP contribution in [0.5, 0.6) is 0 Å². The highest BCUT2D eigenvalue weighted by Crippen LogP contribution is 2.12. The minimum Gasteiger partial charge on any atom is -0.380 e. The van der Waals surface area contributed by atoms with Gasteiger partial charge in [0.1, 0.15) is 6.10 Å². The van der Waals surface area contributed by atoms with Gasteiger partial charge >= 0.3 is 0 Å². The summed E-state index contributed by atoms with van der Waals surface area (Å²) in [5.41, 5.74) is 0.599. The summed E-state index contributed by atoms with van der Waals surface area (Å²) in [6.45, 7) is 1.74. The maximum atomic E-state index is 11.2. The summed E-state index contributed by atoms with van der Waals surface area (Å²) < 4.78 is 0. The van der Waals surface area contributed by atoms with Crippen molar-refractivity contribution in [3.63, 3.8) is 0 Å². The van der Waals surface area contributed by atoms with E-state index < -0.39 is 6.10 Å². The highest BCUT2D eigenvalue weighted by molar-refractivity contribution is 5.93. The first-order valence-electron chi connectivity index (χ1n) is 4.06. The lowest BCUT2D eigenvalue weighted by molar-refractivity contribution is -0.122. The summed E-state index contributed by atoms with van der Waals surface area (Å²) in [6.07, 6.45) is 1.92. The second kappa shape index (κ2) is 4.58. The highest BCUT2D eigenvalue weighted by Gasteiger charge is 2.12. The van der Waals surface area contributed by atoms with Gasteiger partial charge in [0.15, 0.2) is 5.78 Å². The number of hydrogen-bond acceptors (Lipinski definition) is 2. The Kier molecular flexibility index (Phi) is 3.41. The summed E-state index contributed by atoms with van der Waals surface area (Å²) >= 11 is 0. The molecule has 0 saturated carbocycles. The van der Waals surface area contributed by atoms with Crippen LogP contribution in [0.15, 0.2) is 36.4 Å². The van der Waals surface area contributed by atoms with E-state index in [4.69, 9.17) is 0 Å². The molecule has 0 aromatic heterocycles. The van der Waals surface area contributed by atoms with Crippen molar-refractivity contribution in [1.82, 2.24) is 0 Å². The SMILES string of the molecule is CC=CC(=O)C(O)c1cc[c]cc1. The van der Waals surface area contributed by atoms with E-state index in [0.29, 0.717) is 5.56 Å². The highest BCUT2D eigenvalue weighted by atomic mass is 16.3. The minimum absolute atomic E-state index is 0.297. The monoisotopic (exact) mass is 175 g/mol. The van der Waals surface area contributed by atoms with Crippen molar-refractivity contribution in [3.8, 4) is 0 Å². The summed E-state index contributed by atoms with van der Waals surface area (Å²) in [5, 5.41) is 9.51. The Bertz CT molecular complexity index is 301. The van der Waals surface area contributed by atoms with Crippen LogP contribution < -0.4 is 0 Å². The Labute approximate surface area is 77.5 Å². The topological polar surface area (TPSA) is 37.3 Å². The molecule has 1 radical (unpaired) electrons. The van der Waals surface area contributed by atoms with Crippen molar-refractivity contribution < 1.29 is 9.90 Å². The molecule has 2 nitrogen and oxygen atoms in total. The van der Waals surface area contributed by atoms with Gasteiger partial charge in [-0.2, -0.15) is 0 Å². The number of allylic oxidation sites excluding steroid dienone is 1. The minimum atomic E-state index is -1.05. The van der Waals surface area contributed by atoms with Gasteiger partial charge < -0.3 is 5.11 Å². The molecule has 0 fully saturated rings. The second-order valence-corrected chi connectivity index (χ2v) is 2.64. The Hall–Kier alpha value is -1.41. The number of benzene rings is 1. The molecular formula is C11H11O2. The lowest BCUT2D eigenvalue weighted by atomic mass is 10.1. The van der Waals surface area contributed by atoms with Gasteiger partial charge in [-0.25, -0.2) is 0 Å². The van der Waals surface area contributed by atoms with Gasteiger partial charge in [0, 0.05) is 0 Å². The van der Waals surface area contributed by atoms with E-state index in [1.54, 1.807) is 37.3 Å². The lowest BCUT2D eigenvalue weighted by Crippen LogP contribution is -2.08. The molecule has 0 saturated heterocycles. The van der Waals surface area contributed by atoms with Gasteiger partial charge in [0.05, 0.1) is 0 Å². The van der Waals surface area contributed by atoms with Gasteiger partial charge in [-0.3, -0.25) is 4.79 Å². The standard InChI is InChI=1S/C11H11O2/c1-2-6-10(12)11(13)9-7-4-3-5-8-9/h2,4-8,11,13H,1H3. The van der Waals surface area contributed by atoms with E-state index in [1.807, 2.05) is 0 Å². The molecule has 1 aromatic rings. The van der Waals surface area contributed by atoms with Crippen LogP contribution in [-0.2, 0) is 4.79 Å². The lowest BCUT2D eigenvalue weighted by Gasteiger charge is -2.05. The van der Waals surface area contributed by atoms with Crippen molar-refractivity contribution >= 4 is 5.78 Å². The van der Waals surface area contributed by atoms with Gasteiger partial charge in [0.25, 0.3) is 0 Å². The molecule has 0 bridgehead atoms. The van der Waals surface area contributed by atoms with Crippen molar-refractivity contribution in [1.29, 1.82) is 0 Å². The number of ketones is 1. The summed E-state index contributed by atoms with van der Waals surface area (Å²) in [6, 6.07) is 9.50. The third kappa shape index (κ3) is 2.53. The molecule has 0 spiro atoms. The fourth-order valence-corrected chi connectivity index (χ4v) is 1.00. The molecule has 0 amide bonds. The molecule has 0 heterocycles. The van der Waals surface area contributed by atoms with Gasteiger partial charge in [-0.1, -0.05) is 30.3 Å². The van der Waals surface area contributed by atoms with Crippen molar-refractivity contribution in [2.45, 2.75) is 13.0 Å². The number of aliphatic hydroxyl groups is 1. The van der Waals surface area contributed by atoms with Gasteiger partial charge in [-0.15, -0.1) is 0 Å². The van der Waals surface area contributed by atoms with Crippen molar-refractivity contribution in [2.24, 2.45) is 0 Å². The Morgan fingerprint density at radius 2 is 2.15 bits per heavy atom. The molecule has 2 heteroatoms. The molecule has 0 aliphatic heterocycles. The van der Waals surface area contributed by atoms with E-state index in [1.165, 1.54) is 6.08 Å². The zero-order valence-electron chi connectivity index (χ0n) is 7.40. The summed E-state index contributed by atoms with van der Waals surface area (Å²) in [5.74, 6) is -0.297. The van der Waals surface area contributed by atoms with E-state index in [2.05, 4.69) is 6.07 Å². The molecule has 0 aliphatic carbocycles. The first kappa shape index (κ1) is 9.68.